The third-order valence-corrected chi connectivity index (χ3v) is 2.97. The van der Waals surface area contributed by atoms with E-state index in [0.717, 1.165) is 11.4 Å². The predicted molar refractivity (Wildman–Crippen MR) is 81.8 cm³/mol. The maximum Gasteiger partial charge on any atom is 0.320 e. The Hall–Kier alpha value is -3.09. The van der Waals surface area contributed by atoms with Crippen molar-refractivity contribution in [3.8, 4) is 5.75 Å². The van der Waals surface area contributed by atoms with Crippen LogP contribution in [0.2, 0.25) is 0 Å². The number of hydrogen-bond donors (Lipinski definition) is 2. The van der Waals surface area contributed by atoms with E-state index >= 15 is 0 Å². The Bertz CT molecular complexity index is 785. The molecule has 112 valence electrons. The fourth-order valence-corrected chi connectivity index (χ4v) is 1.91. The van der Waals surface area contributed by atoms with Crippen LogP contribution in [-0.4, -0.2) is 27.7 Å². The van der Waals surface area contributed by atoms with Crippen molar-refractivity contribution < 1.29 is 9.53 Å². The molecular weight excluding hydrogens is 282 g/mol. The zero-order chi connectivity index (χ0) is 15.4. The van der Waals surface area contributed by atoms with Crippen molar-refractivity contribution >= 4 is 17.5 Å². The average Bonchev–Trinajstić information content (AvgIpc) is 2.95. The number of urea groups is 1. The van der Waals surface area contributed by atoms with Crippen LogP contribution in [0, 0.1) is 0 Å². The smallest absolute Gasteiger partial charge is 0.320 e. The summed E-state index contributed by atoms with van der Waals surface area (Å²) in [6.45, 7) is 0.357. The van der Waals surface area contributed by atoms with E-state index < -0.39 is 0 Å². The molecule has 0 saturated carbocycles. The van der Waals surface area contributed by atoms with E-state index in [0.29, 0.717) is 18.1 Å². The molecule has 0 atom stereocenters. The van der Waals surface area contributed by atoms with Gasteiger partial charge in [0.15, 0.2) is 11.5 Å². The molecule has 3 rings (SSSR count). The Labute approximate surface area is 126 Å². The number of aromatic nitrogens is 3. The number of carbonyl (C=O) groups is 1. The second-order valence-electron chi connectivity index (χ2n) is 4.56. The van der Waals surface area contributed by atoms with E-state index in [9.17, 15) is 4.79 Å². The van der Waals surface area contributed by atoms with Gasteiger partial charge in [-0.25, -0.2) is 14.3 Å². The Morgan fingerprint density at radius 3 is 2.82 bits per heavy atom. The van der Waals surface area contributed by atoms with E-state index in [1.165, 1.54) is 0 Å². The molecule has 0 bridgehead atoms. The van der Waals surface area contributed by atoms with E-state index in [4.69, 9.17) is 4.74 Å². The molecule has 2 heterocycles. The Morgan fingerprint density at radius 2 is 2.05 bits per heavy atom. The zero-order valence-electron chi connectivity index (χ0n) is 12.0. The molecule has 0 fully saturated rings. The lowest BCUT2D eigenvalue weighted by molar-refractivity contribution is 0.254. The van der Waals surface area contributed by atoms with Gasteiger partial charge in [-0.05, 0) is 24.3 Å². The van der Waals surface area contributed by atoms with Crippen molar-refractivity contribution in [1.82, 2.24) is 19.9 Å². The molecule has 2 N–H and O–H groups in total. The van der Waals surface area contributed by atoms with Gasteiger partial charge in [0.1, 0.15) is 12.4 Å². The van der Waals surface area contributed by atoms with E-state index in [1.54, 1.807) is 17.8 Å². The lowest BCUT2D eigenvalue weighted by Crippen LogP contribution is -2.24. The van der Waals surface area contributed by atoms with Crippen molar-refractivity contribution in [3.05, 3.63) is 54.4 Å². The minimum Gasteiger partial charge on any atom is -0.487 e. The number of benzene rings is 1. The van der Waals surface area contributed by atoms with E-state index in [2.05, 4.69) is 20.7 Å². The fraction of sp³-hybridized carbons (Fsp3) is 0.133. The number of hydrogen-bond acceptors (Lipinski definition) is 4. The summed E-state index contributed by atoms with van der Waals surface area (Å²) in [5, 5.41) is 9.47. The third-order valence-electron chi connectivity index (χ3n) is 2.97. The molecule has 0 aliphatic rings. The number of rotatable bonds is 4. The molecule has 22 heavy (non-hydrogen) atoms. The highest BCUT2D eigenvalue weighted by Gasteiger charge is 2.06. The summed E-state index contributed by atoms with van der Waals surface area (Å²) in [4.78, 5) is 15.5. The Balaban J connectivity index is 1.73. The lowest BCUT2D eigenvalue weighted by Gasteiger charge is -2.05. The summed E-state index contributed by atoms with van der Waals surface area (Å²) in [6, 6.07) is 12.9. The molecule has 0 spiro atoms. The van der Waals surface area contributed by atoms with Gasteiger partial charge in [-0.2, -0.15) is 5.10 Å². The minimum atomic E-state index is -0.323. The van der Waals surface area contributed by atoms with Crippen LogP contribution < -0.4 is 15.4 Å². The highest BCUT2D eigenvalue weighted by Crippen LogP contribution is 2.12. The van der Waals surface area contributed by atoms with E-state index in [-0.39, 0.29) is 6.03 Å². The van der Waals surface area contributed by atoms with Crippen molar-refractivity contribution in [1.29, 1.82) is 0 Å². The quantitative estimate of drug-likeness (QED) is 0.772. The van der Waals surface area contributed by atoms with Gasteiger partial charge < -0.3 is 10.1 Å². The number of carbonyl (C=O) groups excluding carboxylic acids is 1. The highest BCUT2D eigenvalue weighted by atomic mass is 16.5. The van der Waals surface area contributed by atoms with Gasteiger partial charge in [0.25, 0.3) is 0 Å². The fourth-order valence-electron chi connectivity index (χ4n) is 1.91. The summed E-state index contributed by atoms with van der Waals surface area (Å²) >= 11 is 0. The van der Waals surface area contributed by atoms with Crippen molar-refractivity contribution in [2.24, 2.45) is 0 Å². The summed E-state index contributed by atoms with van der Waals surface area (Å²) in [5.41, 5.74) is 1.41. The summed E-state index contributed by atoms with van der Waals surface area (Å²) in [7, 11) is 1.54. The first-order valence-corrected chi connectivity index (χ1v) is 6.76. The Kier molecular flexibility index (Phi) is 3.86. The number of nitrogens with zero attached hydrogens (tertiary/aromatic N) is 3. The van der Waals surface area contributed by atoms with Crippen molar-refractivity contribution in [3.63, 3.8) is 0 Å². The zero-order valence-corrected chi connectivity index (χ0v) is 12.0. The van der Waals surface area contributed by atoms with Gasteiger partial charge in [0.05, 0.1) is 11.9 Å². The molecule has 0 radical (unpaired) electrons. The monoisotopic (exact) mass is 297 g/mol. The second-order valence-corrected chi connectivity index (χ2v) is 4.56. The number of fused-ring (bicyclic) bond motifs is 1. The number of para-hydroxylation sites is 1. The van der Waals surface area contributed by atoms with Crippen molar-refractivity contribution in [2.45, 2.75) is 6.61 Å². The number of amides is 2. The molecule has 2 aromatic heterocycles. The predicted octanol–water partition coefficient (Wildman–Crippen LogP) is 2.06. The topological polar surface area (TPSA) is 80.6 Å². The van der Waals surface area contributed by atoms with Gasteiger partial charge in [-0.15, -0.1) is 0 Å². The molecule has 0 aliphatic heterocycles. The first kappa shape index (κ1) is 13.9. The molecular formula is C15H15N5O2. The lowest BCUT2D eigenvalue weighted by atomic mass is 10.3. The van der Waals surface area contributed by atoms with Crippen LogP contribution in [0.25, 0.3) is 5.65 Å². The van der Waals surface area contributed by atoms with Crippen LogP contribution in [-0.2, 0) is 6.61 Å². The second kappa shape index (κ2) is 6.13. The minimum absolute atomic E-state index is 0.323. The summed E-state index contributed by atoms with van der Waals surface area (Å²) < 4.78 is 7.26. The maximum atomic E-state index is 11.3. The molecule has 1 aromatic carbocycles. The standard InChI is InChI=1S/C15H15N5O2/c1-16-15(21)18-13-9-20-14(17-13)8-7-11(19-20)10-22-12-5-3-2-4-6-12/h2-9H,10H2,1H3,(H2,16,18,21). The van der Waals surface area contributed by atoms with Crippen LogP contribution in [0.1, 0.15) is 5.69 Å². The molecule has 0 unspecified atom stereocenters. The largest absolute Gasteiger partial charge is 0.487 e. The van der Waals surface area contributed by atoms with Crippen LogP contribution in [0.4, 0.5) is 10.6 Å². The van der Waals surface area contributed by atoms with Gasteiger partial charge in [0, 0.05) is 7.05 Å². The van der Waals surface area contributed by atoms with Gasteiger partial charge in [0.2, 0.25) is 0 Å². The van der Waals surface area contributed by atoms with Gasteiger partial charge in [-0.1, -0.05) is 18.2 Å². The van der Waals surface area contributed by atoms with Crippen LogP contribution >= 0.6 is 0 Å². The molecule has 0 aliphatic carbocycles. The summed E-state index contributed by atoms with van der Waals surface area (Å²) in [5.74, 6) is 1.23. The molecule has 0 saturated heterocycles. The number of ether oxygens (including phenoxy) is 1. The molecule has 7 heteroatoms. The van der Waals surface area contributed by atoms with Crippen LogP contribution in [0.3, 0.4) is 0 Å². The van der Waals surface area contributed by atoms with Crippen LogP contribution in [0.5, 0.6) is 5.75 Å². The van der Waals surface area contributed by atoms with E-state index in [1.807, 2.05) is 42.5 Å². The number of imidazole rings is 1. The first-order valence-electron chi connectivity index (χ1n) is 6.76. The van der Waals surface area contributed by atoms with Gasteiger partial charge in [-0.3, -0.25) is 5.32 Å². The number of anilines is 1. The molecule has 3 aromatic rings. The van der Waals surface area contributed by atoms with Gasteiger partial charge >= 0.3 is 6.03 Å². The highest BCUT2D eigenvalue weighted by molar-refractivity contribution is 5.88. The molecule has 7 nitrogen and oxygen atoms in total. The normalized spacial score (nSPS) is 10.4. The average molecular weight is 297 g/mol. The molecule has 2 amide bonds. The number of nitrogens with one attached hydrogen (secondary N) is 2. The maximum absolute atomic E-state index is 11.3. The summed E-state index contributed by atoms with van der Waals surface area (Å²) in [6.07, 6.45) is 1.65. The Morgan fingerprint density at radius 1 is 1.23 bits per heavy atom. The first-order chi connectivity index (χ1) is 10.7. The van der Waals surface area contributed by atoms with Crippen molar-refractivity contribution in [2.75, 3.05) is 12.4 Å². The van der Waals surface area contributed by atoms with Crippen LogP contribution in [0.15, 0.2) is 48.7 Å². The third kappa shape index (κ3) is 3.14. The SMILES string of the molecule is CNC(=O)Nc1cn2nc(COc3ccccc3)ccc2n1.